The zero-order chi connectivity index (χ0) is 46.0. The molecule has 2 heteroatoms. The first-order valence-electron chi connectivity index (χ1n) is 24.3. The third kappa shape index (κ3) is 5.12. The molecule has 15 rings (SSSR count). The molecule has 326 valence electrons. The van der Waals surface area contributed by atoms with E-state index in [0.717, 1.165) is 50.1 Å². The van der Waals surface area contributed by atoms with E-state index in [-0.39, 0.29) is 0 Å². The summed E-state index contributed by atoms with van der Waals surface area (Å²) in [6.45, 7) is 0. The largest absolute Gasteiger partial charge is 0.456 e. The van der Waals surface area contributed by atoms with Crippen LogP contribution in [0.2, 0.25) is 0 Å². The van der Waals surface area contributed by atoms with E-state index in [9.17, 15) is 0 Å². The molecule has 70 heavy (non-hydrogen) atoms. The van der Waals surface area contributed by atoms with Gasteiger partial charge in [-0.15, -0.1) is 0 Å². The first-order valence-corrected chi connectivity index (χ1v) is 24.3. The van der Waals surface area contributed by atoms with Crippen LogP contribution in [0, 0.1) is 0 Å². The first kappa shape index (κ1) is 39.1. The van der Waals surface area contributed by atoms with Crippen LogP contribution in [0.25, 0.3) is 66.4 Å². The Morgan fingerprint density at radius 2 is 0.714 bits per heavy atom. The van der Waals surface area contributed by atoms with Crippen LogP contribution in [0.15, 0.2) is 265 Å². The molecule has 11 aromatic carbocycles. The van der Waals surface area contributed by atoms with Gasteiger partial charge >= 0.3 is 0 Å². The summed E-state index contributed by atoms with van der Waals surface area (Å²) in [4.78, 5) is 2.37. The van der Waals surface area contributed by atoms with Gasteiger partial charge in [0.05, 0.1) is 10.8 Å². The second-order valence-electron chi connectivity index (χ2n) is 19.0. The Balaban J connectivity index is 0.900. The van der Waals surface area contributed by atoms with E-state index < -0.39 is 10.8 Å². The number of rotatable bonds is 5. The molecule has 0 bridgehead atoms. The second-order valence-corrected chi connectivity index (χ2v) is 19.0. The summed E-state index contributed by atoms with van der Waals surface area (Å²) in [6, 6.07) is 96.7. The van der Waals surface area contributed by atoms with E-state index in [2.05, 4.69) is 260 Å². The second kappa shape index (κ2) is 14.8. The third-order valence-electron chi connectivity index (χ3n) is 15.8. The van der Waals surface area contributed by atoms with Crippen molar-refractivity contribution in [3.8, 4) is 44.5 Å². The van der Waals surface area contributed by atoms with Gasteiger partial charge in [0.15, 0.2) is 0 Å². The maximum Gasteiger partial charge on any atom is 0.136 e. The summed E-state index contributed by atoms with van der Waals surface area (Å²) in [5.41, 5.74) is 24.7. The van der Waals surface area contributed by atoms with Crippen molar-refractivity contribution in [2.24, 2.45) is 0 Å². The number of benzene rings is 11. The van der Waals surface area contributed by atoms with Crippen molar-refractivity contribution in [2.75, 3.05) is 4.90 Å². The summed E-state index contributed by atoms with van der Waals surface area (Å²) in [7, 11) is 0. The van der Waals surface area contributed by atoms with Gasteiger partial charge in [-0.25, -0.2) is 0 Å². The molecule has 3 aliphatic rings. The smallest absolute Gasteiger partial charge is 0.136 e. The van der Waals surface area contributed by atoms with E-state index in [1.165, 1.54) is 77.9 Å². The van der Waals surface area contributed by atoms with Gasteiger partial charge in [-0.1, -0.05) is 212 Å². The molecule has 1 aromatic heterocycles. The molecule has 0 atom stereocenters. The van der Waals surface area contributed by atoms with Crippen molar-refractivity contribution in [1.82, 2.24) is 0 Å². The van der Waals surface area contributed by atoms with Gasteiger partial charge in [0.2, 0.25) is 0 Å². The normalized spacial score (nSPS) is 13.9. The van der Waals surface area contributed by atoms with Crippen molar-refractivity contribution < 1.29 is 4.42 Å². The molecule has 0 aliphatic heterocycles. The van der Waals surface area contributed by atoms with Crippen molar-refractivity contribution in [1.29, 1.82) is 0 Å². The molecule has 2 nitrogen and oxygen atoms in total. The van der Waals surface area contributed by atoms with Crippen LogP contribution < -0.4 is 4.90 Å². The number of furan rings is 1. The van der Waals surface area contributed by atoms with E-state index in [1.807, 2.05) is 6.07 Å². The van der Waals surface area contributed by atoms with Crippen molar-refractivity contribution in [3.63, 3.8) is 0 Å². The topological polar surface area (TPSA) is 16.4 Å². The Morgan fingerprint density at radius 3 is 1.39 bits per heavy atom. The number of nitrogens with zero attached hydrogens (tertiary/aromatic N) is 1. The molecule has 0 amide bonds. The summed E-state index contributed by atoms with van der Waals surface area (Å²) in [6.07, 6.45) is 0. The monoisotopic (exact) mass is 889 g/mol. The highest BCUT2D eigenvalue weighted by atomic mass is 16.3. The molecule has 0 unspecified atom stereocenters. The third-order valence-corrected chi connectivity index (χ3v) is 15.8. The van der Waals surface area contributed by atoms with Crippen LogP contribution in [-0.4, -0.2) is 0 Å². The van der Waals surface area contributed by atoms with Gasteiger partial charge in [-0.2, -0.15) is 0 Å². The Labute approximate surface area is 407 Å². The van der Waals surface area contributed by atoms with Gasteiger partial charge in [0.1, 0.15) is 11.2 Å². The summed E-state index contributed by atoms with van der Waals surface area (Å²) in [5, 5.41) is 2.26. The number of fused-ring (bicyclic) bond motifs is 19. The molecule has 0 radical (unpaired) electrons. The lowest BCUT2D eigenvalue weighted by atomic mass is 9.52. The molecule has 2 spiro atoms. The highest BCUT2D eigenvalue weighted by Gasteiger charge is 2.59. The van der Waals surface area contributed by atoms with E-state index >= 15 is 0 Å². The minimum absolute atomic E-state index is 0.470. The quantitative estimate of drug-likeness (QED) is 0.171. The van der Waals surface area contributed by atoms with Crippen LogP contribution in [0.4, 0.5) is 17.1 Å². The molecule has 12 aromatic rings. The minimum atomic E-state index is -0.547. The van der Waals surface area contributed by atoms with Crippen molar-refractivity contribution in [2.45, 2.75) is 10.8 Å². The lowest BCUT2D eigenvalue weighted by Crippen LogP contribution is -2.43. The van der Waals surface area contributed by atoms with Gasteiger partial charge in [0, 0.05) is 27.8 Å². The zero-order valence-corrected chi connectivity index (χ0v) is 38.2. The molecule has 0 N–H and O–H groups in total. The minimum Gasteiger partial charge on any atom is -0.456 e. The Bertz CT molecular complexity index is 3990. The fourth-order valence-electron chi connectivity index (χ4n) is 13.2. The molecular weight excluding hydrogens is 847 g/mol. The maximum absolute atomic E-state index is 6.32. The molecule has 0 saturated heterocycles. The highest BCUT2D eigenvalue weighted by molar-refractivity contribution is 6.12. The van der Waals surface area contributed by atoms with Crippen molar-refractivity contribution >= 4 is 39.0 Å². The predicted octanol–water partition coefficient (Wildman–Crippen LogP) is 17.4. The predicted molar refractivity (Wildman–Crippen MR) is 287 cm³/mol. The first-order chi connectivity index (χ1) is 34.7. The summed E-state index contributed by atoms with van der Waals surface area (Å²) < 4.78 is 6.32. The maximum atomic E-state index is 6.32. The number of anilines is 3. The van der Waals surface area contributed by atoms with Gasteiger partial charge in [0.25, 0.3) is 0 Å². The van der Waals surface area contributed by atoms with Gasteiger partial charge in [-0.05, 0) is 138 Å². The number of para-hydroxylation sites is 2. The fourth-order valence-corrected chi connectivity index (χ4v) is 13.2. The fraction of sp³-hybridized carbons (Fsp3) is 0.0294. The lowest BCUT2D eigenvalue weighted by Gasteiger charge is -2.48. The van der Waals surface area contributed by atoms with Crippen molar-refractivity contribution in [3.05, 3.63) is 305 Å². The summed E-state index contributed by atoms with van der Waals surface area (Å²) in [5.74, 6) is 0. The SMILES string of the molecule is c1ccc(N(c2ccc(-c3cccc4c3-c3ccccc3C43c4ccccc4C4(c5ccccc5-c5ccccc54)c4ccccc43)cc2)c2cccc(-c3cccc4oc5ccccc5c34)c2)cc1. The van der Waals surface area contributed by atoms with E-state index in [1.54, 1.807) is 0 Å². The number of hydrogen-bond acceptors (Lipinski definition) is 2. The lowest BCUT2D eigenvalue weighted by molar-refractivity contribution is 0.633. The average Bonchev–Trinajstić information content (AvgIpc) is 4.07. The van der Waals surface area contributed by atoms with Crippen LogP contribution in [0.3, 0.4) is 0 Å². The van der Waals surface area contributed by atoms with Crippen LogP contribution >= 0.6 is 0 Å². The number of hydrogen-bond donors (Lipinski definition) is 0. The molecule has 0 saturated carbocycles. The Kier molecular flexibility index (Phi) is 8.24. The molecule has 0 fully saturated rings. The standard InChI is InChI=1S/C68H43NO/c1-2-20-46(21-3-1)69(48-22-16-19-45(43-48)50-28-18-38-64-66(50)54-26-7-15-37-63(54)70-64)47-41-39-44(40-42-47)49-27-17-36-62-65(49)53-25-6-10-31-57(53)68(62)60-34-13-11-32-58(60)67(59-33-12-14-35-61(59)68)55-29-8-4-23-51(55)52-24-5-9-30-56(52)67/h1-43H. The Morgan fingerprint density at radius 1 is 0.271 bits per heavy atom. The molecular formula is C68H43NO. The highest BCUT2D eigenvalue weighted by Crippen LogP contribution is 2.68. The van der Waals surface area contributed by atoms with Crippen LogP contribution in [0.1, 0.15) is 44.5 Å². The van der Waals surface area contributed by atoms with Gasteiger partial charge in [-0.3, -0.25) is 0 Å². The summed E-state index contributed by atoms with van der Waals surface area (Å²) >= 11 is 0. The van der Waals surface area contributed by atoms with E-state index in [4.69, 9.17) is 4.42 Å². The van der Waals surface area contributed by atoms with Gasteiger partial charge < -0.3 is 9.32 Å². The molecule has 1 heterocycles. The molecule has 3 aliphatic carbocycles. The van der Waals surface area contributed by atoms with E-state index in [0.29, 0.717) is 0 Å². The average molecular weight is 890 g/mol. The van der Waals surface area contributed by atoms with Crippen LogP contribution in [-0.2, 0) is 10.8 Å². The van der Waals surface area contributed by atoms with Crippen LogP contribution in [0.5, 0.6) is 0 Å². The zero-order valence-electron chi connectivity index (χ0n) is 38.2. The Hall–Kier alpha value is -8.98.